The molecule has 0 unspecified atom stereocenters. The Balaban J connectivity index is 1.46. The van der Waals surface area contributed by atoms with Gasteiger partial charge in [0, 0.05) is 12.1 Å². The molecule has 2 aromatic carbocycles. The Bertz CT molecular complexity index is 833. The third-order valence-electron chi connectivity index (χ3n) is 3.55. The summed E-state index contributed by atoms with van der Waals surface area (Å²) in [7, 11) is 0. The molecule has 0 aliphatic heterocycles. The Morgan fingerprint density at radius 1 is 1.20 bits per heavy atom. The van der Waals surface area contributed by atoms with Crippen LogP contribution in [0.4, 0.5) is 5.69 Å². The van der Waals surface area contributed by atoms with Crippen LogP contribution in [0.15, 0.2) is 54.9 Å². The van der Waals surface area contributed by atoms with Crippen LogP contribution < -0.4 is 10.1 Å². The van der Waals surface area contributed by atoms with Crippen LogP contribution in [-0.2, 0) is 4.79 Å². The summed E-state index contributed by atoms with van der Waals surface area (Å²) in [6.45, 7) is 2.52. The number of nitrogens with one attached hydrogen (secondary N) is 1. The Morgan fingerprint density at radius 3 is 2.88 bits per heavy atom. The quantitative estimate of drug-likeness (QED) is 0.670. The zero-order valence-corrected chi connectivity index (χ0v) is 13.9. The molecular formula is C18H19N5O2. The molecule has 7 nitrogen and oxygen atoms in total. The number of amides is 1. The van der Waals surface area contributed by atoms with E-state index in [-0.39, 0.29) is 5.91 Å². The van der Waals surface area contributed by atoms with Crippen LogP contribution in [0.2, 0.25) is 0 Å². The largest absolute Gasteiger partial charge is 0.494 e. The lowest BCUT2D eigenvalue weighted by molar-refractivity contribution is -0.116. The topological polar surface area (TPSA) is 81.9 Å². The van der Waals surface area contributed by atoms with E-state index < -0.39 is 0 Å². The number of benzene rings is 2. The van der Waals surface area contributed by atoms with Crippen LogP contribution in [0, 0.1) is 6.92 Å². The summed E-state index contributed by atoms with van der Waals surface area (Å²) >= 11 is 0. The molecule has 1 amide bonds. The van der Waals surface area contributed by atoms with Crippen LogP contribution in [0.25, 0.3) is 5.69 Å². The van der Waals surface area contributed by atoms with Crippen molar-refractivity contribution in [1.29, 1.82) is 0 Å². The van der Waals surface area contributed by atoms with E-state index in [1.807, 2.05) is 55.5 Å². The first kappa shape index (κ1) is 16.6. The summed E-state index contributed by atoms with van der Waals surface area (Å²) in [6.07, 6.45) is 2.54. The van der Waals surface area contributed by atoms with Crippen LogP contribution in [0.5, 0.6) is 5.75 Å². The van der Waals surface area contributed by atoms with Crippen molar-refractivity contribution in [2.24, 2.45) is 0 Å². The van der Waals surface area contributed by atoms with Gasteiger partial charge in [0.2, 0.25) is 5.91 Å². The Hall–Kier alpha value is -3.22. The number of tetrazole rings is 1. The third kappa shape index (κ3) is 4.87. The Kier molecular flexibility index (Phi) is 5.36. The van der Waals surface area contributed by atoms with Gasteiger partial charge in [-0.25, -0.2) is 4.68 Å². The molecule has 7 heteroatoms. The number of nitrogens with zero attached hydrogens (tertiary/aromatic N) is 4. The molecular weight excluding hydrogens is 318 g/mol. The van der Waals surface area contributed by atoms with Gasteiger partial charge in [-0.05, 0) is 59.7 Å². The molecule has 3 aromatic rings. The first-order valence-electron chi connectivity index (χ1n) is 8.03. The Labute approximate surface area is 145 Å². The van der Waals surface area contributed by atoms with Crippen molar-refractivity contribution in [3.8, 4) is 11.4 Å². The molecule has 0 saturated heterocycles. The van der Waals surface area contributed by atoms with Crippen molar-refractivity contribution in [3.63, 3.8) is 0 Å². The average molecular weight is 337 g/mol. The second-order valence-electron chi connectivity index (χ2n) is 5.62. The first-order chi connectivity index (χ1) is 12.2. The van der Waals surface area contributed by atoms with E-state index in [4.69, 9.17) is 4.74 Å². The Morgan fingerprint density at radius 2 is 2.08 bits per heavy atom. The van der Waals surface area contributed by atoms with Gasteiger partial charge in [0.05, 0.1) is 12.3 Å². The van der Waals surface area contributed by atoms with Gasteiger partial charge in [-0.15, -0.1) is 5.10 Å². The highest BCUT2D eigenvalue weighted by atomic mass is 16.5. The van der Waals surface area contributed by atoms with Gasteiger partial charge in [0.25, 0.3) is 0 Å². The first-order valence-corrected chi connectivity index (χ1v) is 8.03. The van der Waals surface area contributed by atoms with Crippen molar-refractivity contribution in [3.05, 3.63) is 60.4 Å². The minimum Gasteiger partial charge on any atom is -0.494 e. The van der Waals surface area contributed by atoms with E-state index in [0.717, 1.165) is 17.0 Å². The van der Waals surface area contributed by atoms with E-state index in [1.165, 1.54) is 11.0 Å². The maximum atomic E-state index is 12.1. The zero-order chi connectivity index (χ0) is 17.5. The summed E-state index contributed by atoms with van der Waals surface area (Å²) in [4.78, 5) is 12.1. The average Bonchev–Trinajstić information content (AvgIpc) is 3.14. The lowest BCUT2D eigenvalue weighted by Gasteiger charge is -2.08. The van der Waals surface area contributed by atoms with Gasteiger partial charge in [0.15, 0.2) is 0 Å². The molecule has 0 spiro atoms. The van der Waals surface area contributed by atoms with Crippen LogP contribution >= 0.6 is 0 Å². The number of hydrogen-bond donors (Lipinski definition) is 1. The fourth-order valence-electron chi connectivity index (χ4n) is 2.36. The summed E-state index contributed by atoms with van der Waals surface area (Å²) in [6, 6.07) is 15.2. The monoisotopic (exact) mass is 337 g/mol. The molecule has 0 bridgehead atoms. The molecule has 0 atom stereocenters. The minimum absolute atomic E-state index is 0.0540. The molecule has 128 valence electrons. The predicted octanol–water partition coefficient (Wildman–Crippen LogP) is 2.77. The number of hydrogen-bond acceptors (Lipinski definition) is 5. The van der Waals surface area contributed by atoms with Crippen molar-refractivity contribution < 1.29 is 9.53 Å². The van der Waals surface area contributed by atoms with Gasteiger partial charge in [-0.2, -0.15) is 0 Å². The summed E-state index contributed by atoms with van der Waals surface area (Å²) in [5, 5.41) is 13.9. The lowest BCUT2D eigenvalue weighted by Crippen LogP contribution is -2.13. The standard InChI is InChI=1S/C18H19N5O2/c1-14-5-2-8-17(11-14)25-10-4-9-18(24)20-15-6-3-7-16(12-15)23-13-19-21-22-23/h2-3,5-8,11-13H,4,9-10H2,1H3,(H,20,24). The maximum Gasteiger partial charge on any atom is 0.224 e. The predicted molar refractivity (Wildman–Crippen MR) is 93.7 cm³/mol. The molecule has 0 aliphatic carbocycles. The molecule has 0 fully saturated rings. The fraction of sp³-hybridized carbons (Fsp3) is 0.222. The molecule has 0 radical (unpaired) electrons. The smallest absolute Gasteiger partial charge is 0.224 e. The van der Waals surface area contributed by atoms with Gasteiger partial charge in [0.1, 0.15) is 12.1 Å². The number of carbonyl (C=O) groups is 1. The molecule has 1 N–H and O–H groups in total. The van der Waals surface area contributed by atoms with Crippen molar-refractivity contribution >= 4 is 11.6 Å². The second kappa shape index (κ2) is 8.05. The fourth-order valence-corrected chi connectivity index (χ4v) is 2.36. The van der Waals surface area contributed by atoms with Gasteiger partial charge >= 0.3 is 0 Å². The number of aryl methyl sites for hydroxylation is 1. The van der Waals surface area contributed by atoms with Gasteiger partial charge < -0.3 is 10.1 Å². The lowest BCUT2D eigenvalue weighted by atomic mass is 10.2. The van der Waals surface area contributed by atoms with E-state index in [0.29, 0.717) is 25.1 Å². The SMILES string of the molecule is Cc1cccc(OCCCC(=O)Nc2cccc(-n3cnnn3)c2)c1. The normalized spacial score (nSPS) is 10.4. The van der Waals surface area contributed by atoms with Crippen LogP contribution in [-0.4, -0.2) is 32.7 Å². The number of ether oxygens (including phenoxy) is 1. The number of carbonyl (C=O) groups excluding carboxylic acids is 1. The highest BCUT2D eigenvalue weighted by molar-refractivity contribution is 5.90. The molecule has 1 heterocycles. The molecule has 3 rings (SSSR count). The molecule has 0 aliphatic rings. The molecule has 0 saturated carbocycles. The van der Waals surface area contributed by atoms with Gasteiger partial charge in [-0.1, -0.05) is 18.2 Å². The minimum atomic E-state index is -0.0540. The number of rotatable bonds is 7. The zero-order valence-electron chi connectivity index (χ0n) is 13.9. The highest BCUT2D eigenvalue weighted by Crippen LogP contribution is 2.15. The second-order valence-corrected chi connectivity index (χ2v) is 5.62. The van der Waals surface area contributed by atoms with Crippen molar-refractivity contribution in [2.45, 2.75) is 19.8 Å². The summed E-state index contributed by atoms with van der Waals surface area (Å²) < 4.78 is 7.18. The van der Waals surface area contributed by atoms with Crippen molar-refractivity contribution in [2.75, 3.05) is 11.9 Å². The molecule has 1 aromatic heterocycles. The van der Waals surface area contributed by atoms with E-state index in [1.54, 1.807) is 0 Å². The van der Waals surface area contributed by atoms with Gasteiger partial charge in [-0.3, -0.25) is 4.79 Å². The number of aromatic nitrogens is 4. The highest BCUT2D eigenvalue weighted by Gasteiger charge is 2.05. The summed E-state index contributed by atoms with van der Waals surface area (Å²) in [5.74, 6) is 0.774. The molecule has 25 heavy (non-hydrogen) atoms. The van der Waals surface area contributed by atoms with Crippen LogP contribution in [0.3, 0.4) is 0 Å². The maximum absolute atomic E-state index is 12.1. The van der Waals surface area contributed by atoms with E-state index in [2.05, 4.69) is 20.8 Å². The van der Waals surface area contributed by atoms with Crippen molar-refractivity contribution in [1.82, 2.24) is 20.2 Å². The van der Waals surface area contributed by atoms with E-state index >= 15 is 0 Å². The number of anilines is 1. The van der Waals surface area contributed by atoms with E-state index in [9.17, 15) is 4.79 Å². The van der Waals surface area contributed by atoms with Crippen LogP contribution in [0.1, 0.15) is 18.4 Å². The third-order valence-corrected chi connectivity index (χ3v) is 3.55. The summed E-state index contributed by atoms with van der Waals surface area (Å²) in [5.41, 5.74) is 2.64.